The van der Waals surface area contributed by atoms with Gasteiger partial charge < -0.3 is 20.3 Å². The molecule has 3 rings (SSSR count). The van der Waals surface area contributed by atoms with E-state index in [2.05, 4.69) is 22.4 Å². The van der Waals surface area contributed by atoms with Crippen LogP contribution < -0.4 is 26.4 Å². The Bertz CT molecular complexity index is 1150. The Labute approximate surface area is 177 Å². The monoisotopic (exact) mass is 400 g/mol. The summed E-state index contributed by atoms with van der Waals surface area (Å²) in [6.45, 7) is -0.554. The van der Waals surface area contributed by atoms with Gasteiger partial charge >= 0.3 is 5.97 Å². The van der Waals surface area contributed by atoms with Crippen LogP contribution in [-0.4, -0.2) is 65.0 Å². The zero-order valence-corrected chi connectivity index (χ0v) is 17.4. The van der Waals surface area contributed by atoms with Gasteiger partial charge in [-0.25, -0.2) is 4.98 Å². The van der Waals surface area contributed by atoms with Crippen LogP contribution in [0.4, 0.5) is 0 Å². The fraction of sp³-hybridized carbons (Fsp3) is 0.105. The van der Waals surface area contributed by atoms with Crippen molar-refractivity contribution in [2.75, 3.05) is 6.54 Å². The standard InChI is InChI=1S/C19H20B4N2O5/c20-6-14-11-5-9(30-18-12(22)3-8(21)4-13(18)23)1-2-10(11)17(28)16(25-14)19(29)24-7-15(26)27/h1-5,28H,6-7,20-23H2,(H,24,29)(H,26,27). The molecular formula is C19H20B4N2O5. The van der Waals surface area contributed by atoms with Crippen molar-refractivity contribution in [2.24, 2.45) is 0 Å². The molecule has 11 heteroatoms. The highest BCUT2D eigenvalue weighted by Gasteiger charge is 2.20. The molecule has 1 heterocycles. The van der Waals surface area contributed by atoms with Gasteiger partial charge in [-0.1, -0.05) is 17.6 Å². The summed E-state index contributed by atoms with van der Waals surface area (Å²) >= 11 is 0. The number of carboxylic acid groups (broad SMARTS) is 1. The molecule has 0 aliphatic heterocycles. The Morgan fingerprint density at radius 3 is 2.33 bits per heavy atom. The van der Waals surface area contributed by atoms with E-state index in [4.69, 9.17) is 9.84 Å². The van der Waals surface area contributed by atoms with Gasteiger partial charge in [0.2, 0.25) is 0 Å². The number of benzene rings is 2. The molecular weight excluding hydrogens is 379 g/mol. The first-order chi connectivity index (χ1) is 14.2. The predicted molar refractivity (Wildman–Crippen MR) is 127 cm³/mol. The Morgan fingerprint density at radius 1 is 1.07 bits per heavy atom. The van der Waals surface area contributed by atoms with Gasteiger partial charge in [0.25, 0.3) is 5.91 Å². The lowest BCUT2D eigenvalue weighted by Crippen LogP contribution is -2.30. The van der Waals surface area contributed by atoms with Crippen molar-refractivity contribution in [3.63, 3.8) is 0 Å². The van der Waals surface area contributed by atoms with Gasteiger partial charge in [0.05, 0.1) is 0 Å². The van der Waals surface area contributed by atoms with Gasteiger partial charge in [-0.3, -0.25) is 9.59 Å². The van der Waals surface area contributed by atoms with E-state index in [-0.39, 0.29) is 11.4 Å². The zero-order valence-electron chi connectivity index (χ0n) is 17.4. The van der Waals surface area contributed by atoms with Crippen molar-refractivity contribution >= 4 is 70.4 Å². The molecule has 0 fully saturated rings. The van der Waals surface area contributed by atoms with E-state index in [1.54, 1.807) is 18.2 Å². The van der Waals surface area contributed by atoms with Crippen LogP contribution in [0.25, 0.3) is 10.8 Å². The number of carbonyl (C=O) groups excluding carboxylic acids is 1. The second-order valence-electron chi connectivity index (χ2n) is 7.22. The Morgan fingerprint density at radius 2 is 1.73 bits per heavy atom. The molecule has 1 aromatic heterocycles. The maximum absolute atomic E-state index is 12.3. The highest BCUT2D eigenvalue weighted by atomic mass is 16.5. The van der Waals surface area contributed by atoms with Gasteiger partial charge in [0.1, 0.15) is 49.4 Å². The van der Waals surface area contributed by atoms with Crippen molar-refractivity contribution in [1.82, 2.24) is 10.3 Å². The Hall–Kier alpha value is -3.35. The van der Waals surface area contributed by atoms with Crippen LogP contribution in [0.1, 0.15) is 16.2 Å². The van der Waals surface area contributed by atoms with Crippen LogP contribution in [0.3, 0.4) is 0 Å². The summed E-state index contributed by atoms with van der Waals surface area (Å²) < 4.78 is 6.13. The third-order valence-corrected chi connectivity index (χ3v) is 4.80. The minimum atomic E-state index is -1.18. The SMILES string of the molecule is BCc1nc(C(=O)NCC(=O)O)c(O)c2ccc(Oc3c(B)cc(B)cc3B)cc12. The van der Waals surface area contributed by atoms with E-state index in [1.807, 2.05) is 31.4 Å². The number of hydrogen-bond donors (Lipinski definition) is 3. The number of ether oxygens (including phenoxy) is 1. The summed E-state index contributed by atoms with van der Waals surface area (Å²) in [7, 11) is 7.90. The van der Waals surface area contributed by atoms with E-state index < -0.39 is 18.4 Å². The summed E-state index contributed by atoms with van der Waals surface area (Å²) in [5, 5.41) is 22.7. The van der Waals surface area contributed by atoms with Crippen LogP contribution in [-0.2, 0) is 11.1 Å². The molecule has 2 aromatic carbocycles. The quantitative estimate of drug-likeness (QED) is 0.371. The van der Waals surface area contributed by atoms with Crippen LogP contribution in [0.5, 0.6) is 17.2 Å². The molecule has 30 heavy (non-hydrogen) atoms. The summed E-state index contributed by atoms with van der Waals surface area (Å²) in [5.74, 6) is -0.837. The number of hydrogen-bond acceptors (Lipinski definition) is 5. The van der Waals surface area contributed by atoms with E-state index in [9.17, 15) is 14.7 Å². The van der Waals surface area contributed by atoms with Crippen molar-refractivity contribution in [3.05, 3.63) is 41.7 Å². The van der Waals surface area contributed by atoms with E-state index in [0.29, 0.717) is 28.5 Å². The third kappa shape index (κ3) is 4.30. The first kappa shape index (κ1) is 21.4. The number of nitrogens with one attached hydrogen (secondary N) is 1. The Balaban J connectivity index is 2.04. The summed E-state index contributed by atoms with van der Waals surface area (Å²) in [4.78, 5) is 27.2. The van der Waals surface area contributed by atoms with Crippen molar-refractivity contribution < 1.29 is 24.5 Å². The van der Waals surface area contributed by atoms with Crippen molar-refractivity contribution in [1.29, 1.82) is 0 Å². The van der Waals surface area contributed by atoms with E-state index in [1.165, 1.54) is 0 Å². The number of carboxylic acids is 1. The third-order valence-electron chi connectivity index (χ3n) is 4.80. The molecule has 148 valence electrons. The number of rotatable bonds is 6. The fourth-order valence-electron chi connectivity index (χ4n) is 3.52. The molecule has 3 N–H and O–H groups in total. The number of aromatic nitrogens is 1. The van der Waals surface area contributed by atoms with Gasteiger partial charge in [-0.05, 0) is 35.4 Å². The molecule has 0 unspecified atom stereocenters. The molecule has 1 amide bonds. The Kier molecular flexibility index (Phi) is 6.10. The van der Waals surface area contributed by atoms with Crippen molar-refractivity contribution in [2.45, 2.75) is 6.32 Å². The topological polar surface area (TPSA) is 109 Å². The maximum Gasteiger partial charge on any atom is 0.322 e. The second kappa shape index (κ2) is 8.57. The van der Waals surface area contributed by atoms with E-state index >= 15 is 0 Å². The van der Waals surface area contributed by atoms with Gasteiger partial charge in [0, 0.05) is 16.5 Å². The molecule has 0 aliphatic carbocycles. The smallest absolute Gasteiger partial charge is 0.322 e. The summed E-state index contributed by atoms with van der Waals surface area (Å²) in [6, 6.07) is 9.29. The summed E-state index contributed by atoms with van der Waals surface area (Å²) in [6.07, 6.45) is 0.516. The molecule has 3 aromatic rings. The molecule has 0 aliphatic rings. The molecule has 0 radical (unpaired) electrons. The highest BCUT2D eigenvalue weighted by Crippen LogP contribution is 2.33. The molecule has 0 saturated carbocycles. The van der Waals surface area contributed by atoms with Crippen molar-refractivity contribution in [3.8, 4) is 17.2 Å². The van der Waals surface area contributed by atoms with Crippen LogP contribution in [0.2, 0.25) is 0 Å². The highest BCUT2D eigenvalue weighted by molar-refractivity contribution is 6.45. The van der Waals surface area contributed by atoms with Gasteiger partial charge in [0.15, 0.2) is 11.4 Å². The number of nitrogens with zero attached hydrogens (tertiary/aromatic N) is 1. The minimum Gasteiger partial charge on any atom is -0.505 e. The number of aliphatic carboxylic acids is 1. The summed E-state index contributed by atoms with van der Waals surface area (Å²) in [5.41, 5.74) is 3.61. The average molecular weight is 400 g/mol. The van der Waals surface area contributed by atoms with E-state index in [0.717, 1.165) is 22.1 Å². The van der Waals surface area contributed by atoms with Crippen LogP contribution in [0.15, 0.2) is 30.3 Å². The molecule has 7 nitrogen and oxygen atoms in total. The molecule has 0 atom stereocenters. The first-order valence-corrected chi connectivity index (χ1v) is 9.62. The van der Waals surface area contributed by atoms with Crippen LogP contribution in [0, 0.1) is 0 Å². The number of pyridine rings is 1. The number of fused-ring (bicyclic) bond motifs is 1. The average Bonchev–Trinajstić information content (AvgIpc) is 2.69. The second-order valence-corrected chi connectivity index (χ2v) is 7.22. The zero-order chi connectivity index (χ0) is 22.0. The molecule has 0 bridgehead atoms. The van der Waals surface area contributed by atoms with Gasteiger partial charge in [-0.15, -0.1) is 0 Å². The lowest BCUT2D eigenvalue weighted by Gasteiger charge is -2.15. The largest absolute Gasteiger partial charge is 0.505 e. The number of carbonyl (C=O) groups is 2. The lowest BCUT2D eigenvalue weighted by atomic mass is 9.79. The number of amides is 1. The minimum absolute atomic E-state index is 0.195. The lowest BCUT2D eigenvalue weighted by molar-refractivity contribution is -0.135. The van der Waals surface area contributed by atoms with Crippen LogP contribution >= 0.6 is 0 Å². The number of aromatic hydroxyl groups is 1. The molecule has 0 spiro atoms. The predicted octanol–water partition coefficient (Wildman–Crippen LogP) is -3.54. The maximum atomic E-state index is 12.3. The molecule has 0 saturated heterocycles. The van der Waals surface area contributed by atoms with Gasteiger partial charge in [-0.2, -0.15) is 0 Å². The normalized spacial score (nSPS) is 10.7. The first-order valence-electron chi connectivity index (χ1n) is 9.62. The fourth-order valence-corrected chi connectivity index (χ4v) is 3.52.